The smallest absolute Gasteiger partial charge is 0.221 e. The number of hydrogen-bond acceptors (Lipinski definition) is 2. The number of carbonyl (C=O) groups is 1. The zero-order chi connectivity index (χ0) is 17.3. The van der Waals surface area contributed by atoms with Gasteiger partial charge in [0.2, 0.25) is 5.91 Å². The largest absolute Gasteiger partial charge is 0.356 e. The summed E-state index contributed by atoms with van der Waals surface area (Å²) in [5.74, 6) is 1.04. The highest BCUT2D eigenvalue weighted by Gasteiger charge is 2.31. The molecule has 1 rings (SSSR count). The van der Waals surface area contributed by atoms with Crippen LogP contribution in [-0.2, 0) is 4.79 Å². The summed E-state index contributed by atoms with van der Waals surface area (Å²) in [6.45, 7) is 11.5. The van der Waals surface area contributed by atoms with E-state index in [2.05, 4.69) is 41.3 Å². The summed E-state index contributed by atoms with van der Waals surface area (Å²) in [6.07, 6.45) is 6.45. The van der Waals surface area contributed by atoms with Gasteiger partial charge in [0.05, 0.1) is 0 Å². The first kappa shape index (κ1) is 19.8. The molecule has 0 aromatic rings. The van der Waals surface area contributed by atoms with E-state index in [4.69, 9.17) is 0 Å². The van der Waals surface area contributed by atoms with Crippen molar-refractivity contribution in [2.75, 3.05) is 26.7 Å². The van der Waals surface area contributed by atoms with Crippen molar-refractivity contribution in [2.24, 2.45) is 10.4 Å². The van der Waals surface area contributed by atoms with E-state index < -0.39 is 0 Å². The van der Waals surface area contributed by atoms with Crippen LogP contribution in [0.1, 0.15) is 66.2 Å². The maximum atomic E-state index is 11.8. The molecule has 0 radical (unpaired) electrons. The van der Waals surface area contributed by atoms with Crippen molar-refractivity contribution in [1.29, 1.82) is 0 Å². The number of nitrogens with zero attached hydrogens (tertiary/aromatic N) is 2. The number of carbonyl (C=O) groups excluding carboxylic acids is 1. The topological polar surface area (TPSA) is 56.7 Å². The number of piperidine rings is 1. The molecule has 5 nitrogen and oxygen atoms in total. The molecule has 5 heteroatoms. The van der Waals surface area contributed by atoms with Gasteiger partial charge in [0.15, 0.2) is 5.96 Å². The first-order valence-electron chi connectivity index (χ1n) is 9.19. The van der Waals surface area contributed by atoms with Gasteiger partial charge in [-0.2, -0.15) is 0 Å². The minimum atomic E-state index is 0.108. The molecule has 0 aliphatic carbocycles. The van der Waals surface area contributed by atoms with Crippen LogP contribution in [0.5, 0.6) is 0 Å². The third-order valence-electron chi connectivity index (χ3n) is 4.80. The molecule has 23 heavy (non-hydrogen) atoms. The van der Waals surface area contributed by atoms with Gasteiger partial charge >= 0.3 is 0 Å². The molecule has 2 unspecified atom stereocenters. The van der Waals surface area contributed by atoms with E-state index in [-0.39, 0.29) is 11.9 Å². The van der Waals surface area contributed by atoms with Gasteiger partial charge in [0.25, 0.3) is 0 Å². The van der Waals surface area contributed by atoms with Gasteiger partial charge in [0.1, 0.15) is 0 Å². The lowest BCUT2D eigenvalue weighted by Gasteiger charge is -2.42. The Kier molecular flexibility index (Phi) is 8.42. The minimum Gasteiger partial charge on any atom is -0.356 e. The number of guanidine groups is 1. The van der Waals surface area contributed by atoms with Crippen LogP contribution < -0.4 is 10.6 Å². The molecule has 0 aromatic carbocycles. The summed E-state index contributed by atoms with van der Waals surface area (Å²) in [5.41, 5.74) is 0.387. The van der Waals surface area contributed by atoms with Gasteiger partial charge in [-0.15, -0.1) is 0 Å². The van der Waals surface area contributed by atoms with Gasteiger partial charge in [0, 0.05) is 39.1 Å². The number of nitrogens with one attached hydrogen (secondary N) is 2. The number of aliphatic imine (C=N–C) groups is 1. The molecule has 0 saturated carbocycles. The summed E-state index contributed by atoms with van der Waals surface area (Å²) in [6, 6.07) is 0.249. The predicted octanol–water partition coefficient (Wildman–Crippen LogP) is 2.77. The zero-order valence-electron chi connectivity index (χ0n) is 15.7. The highest BCUT2D eigenvalue weighted by Crippen LogP contribution is 2.33. The molecule has 2 N–H and O–H groups in total. The van der Waals surface area contributed by atoms with Crippen LogP contribution in [0.2, 0.25) is 0 Å². The van der Waals surface area contributed by atoms with Crippen molar-refractivity contribution >= 4 is 11.9 Å². The number of amides is 1. The van der Waals surface area contributed by atoms with E-state index in [0.29, 0.717) is 18.4 Å². The highest BCUT2D eigenvalue weighted by molar-refractivity contribution is 5.81. The quantitative estimate of drug-likeness (QED) is 0.559. The molecule has 1 saturated heterocycles. The van der Waals surface area contributed by atoms with Crippen LogP contribution in [0.3, 0.4) is 0 Å². The second-order valence-corrected chi connectivity index (χ2v) is 7.19. The van der Waals surface area contributed by atoms with Crippen molar-refractivity contribution in [3.05, 3.63) is 0 Å². The van der Waals surface area contributed by atoms with Crippen molar-refractivity contribution in [2.45, 2.75) is 72.3 Å². The molecule has 1 fully saturated rings. The lowest BCUT2D eigenvalue weighted by Crippen LogP contribution is -2.50. The van der Waals surface area contributed by atoms with Crippen LogP contribution in [0.4, 0.5) is 0 Å². The van der Waals surface area contributed by atoms with Gasteiger partial charge in [-0.05, 0) is 38.0 Å². The molecule has 1 amide bonds. The Labute approximate surface area is 142 Å². The normalized spacial score (nSPS) is 23.5. The van der Waals surface area contributed by atoms with E-state index in [1.807, 2.05) is 14.0 Å². The Morgan fingerprint density at radius 2 is 2.13 bits per heavy atom. The van der Waals surface area contributed by atoms with Crippen LogP contribution in [0.25, 0.3) is 0 Å². The van der Waals surface area contributed by atoms with Crippen molar-refractivity contribution < 1.29 is 4.79 Å². The molecule has 134 valence electrons. The number of hydrogen-bond donors (Lipinski definition) is 2. The average molecular weight is 325 g/mol. The van der Waals surface area contributed by atoms with Crippen molar-refractivity contribution in [3.8, 4) is 0 Å². The maximum absolute atomic E-state index is 11.8. The molecule has 0 aromatic heterocycles. The summed E-state index contributed by atoms with van der Waals surface area (Å²) in [4.78, 5) is 18.6. The van der Waals surface area contributed by atoms with E-state index in [0.717, 1.165) is 25.5 Å². The summed E-state index contributed by atoms with van der Waals surface area (Å²) >= 11 is 0. The van der Waals surface area contributed by atoms with Crippen molar-refractivity contribution in [1.82, 2.24) is 15.5 Å². The lowest BCUT2D eigenvalue weighted by molar-refractivity contribution is -0.121. The number of likely N-dealkylation sites (tertiary alicyclic amines) is 1. The van der Waals surface area contributed by atoms with Gasteiger partial charge in [-0.3, -0.25) is 9.79 Å². The Morgan fingerprint density at radius 3 is 2.74 bits per heavy atom. The van der Waals surface area contributed by atoms with Crippen molar-refractivity contribution in [3.63, 3.8) is 0 Å². The molecule has 0 spiro atoms. The fourth-order valence-electron chi connectivity index (χ4n) is 3.37. The first-order chi connectivity index (χ1) is 10.9. The molecule has 1 aliphatic rings. The van der Waals surface area contributed by atoms with E-state index in [1.54, 1.807) is 0 Å². The fraction of sp³-hybridized carbons (Fsp3) is 0.889. The third-order valence-corrected chi connectivity index (χ3v) is 4.80. The molecule has 1 heterocycles. The van der Waals surface area contributed by atoms with Crippen LogP contribution in [0, 0.1) is 5.41 Å². The molecular weight excluding hydrogens is 288 g/mol. The minimum absolute atomic E-state index is 0.108. The summed E-state index contributed by atoms with van der Waals surface area (Å²) in [7, 11) is 1.83. The first-order valence-corrected chi connectivity index (χ1v) is 9.19. The molecule has 1 aliphatic heterocycles. The Morgan fingerprint density at radius 1 is 1.39 bits per heavy atom. The van der Waals surface area contributed by atoms with E-state index in [9.17, 15) is 4.79 Å². The monoisotopic (exact) mass is 324 g/mol. The Hall–Kier alpha value is -1.26. The predicted molar refractivity (Wildman–Crippen MR) is 97.7 cm³/mol. The van der Waals surface area contributed by atoms with Gasteiger partial charge < -0.3 is 15.5 Å². The molecule has 2 atom stereocenters. The lowest BCUT2D eigenvalue weighted by atomic mass is 9.78. The zero-order valence-corrected chi connectivity index (χ0v) is 15.7. The van der Waals surface area contributed by atoms with E-state index in [1.165, 1.54) is 25.7 Å². The van der Waals surface area contributed by atoms with Crippen LogP contribution in [-0.4, -0.2) is 49.5 Å². The van der Waals surface area contributed by atoms with Crippen LogP contribution in [0.15, 0.2) is 4.99 Å². The standard InChI is InChI=1S/C18H36N4O/c1-6-10-18(4)11-8-13-22(14-18)17(19-5)20-12-9-16(23)21-15(3)7-2/h15H,6-14H2,1-5H3,(H,19,20)(H,21,23). The van der Waals surface area contributed by atoms with Gasteiger partial charge in [-0.1, -0.05) is 27.2 Å². The highest BCUT2D eigenvalue weighted by atomic mass is 16.1. The van der Waals surface area contributed by atoms with Crippen LogP contribution >= 0.6 is 0 Å². The molecular formula is C18H36N4O. The fourth-order valence-corrected chi connectivity index (χ4v) is 3.37. The Balaban J connectivity index is 2.43. The summed E-state index contributed by atoms with van der Waals surface area (Å²) < 4.78 is 0. The second kappa shape index (κ2) is 9.78. The second-order valence-electron chi connectivity index (χ2n) is 7.19. The third kappa shape index (κ3) is 6.80. The maximum Gasteiger partial charge on any atom is 0.221 e. The summed E-state index contributed by atoms with van der Waals surface area (Å²) in [5, 5.41) is 6.35. The molecule has 0 bridgehead atoms. The Bertz CT molecular complexity index is 392. The number of rotatable bonds is 7. The van der Waals surface area contributed by atoms with E-state index >= 15 is 0 Å². The SMILES string of the molecule is CCCC1(C)CCCN(C(=NC)NCCC(=O)NC(C)CC)C1. The average Bonchev–Trinajstić information content (AvgIpc) is 2.51. The van der Waals surface area contributed by atoms with Gasteiger partial charge in [-0.25, -0.2) is 0 Å².